The van der Waals surface area contributed by atoms with Crippen molar-refractivity contribution in [2.24, 2.45) is 0 Å². The van der Waals surface area contributed by atoms with Gasteiger partial charge >= 0.3 is 5.97 Å². The maximum atomic E-state index is 13.6. The lowest BCUT2D eigenvalue weighted by Crippen LogP contribution is -2.17. The van der Waals surface area contributed by atoms with Crippen LogP contribution in [0.2, 0.25) is 0 Å². The van der Waals surface area contributed by atoms with Crippen LogP contribution in [-0.2, 0) is 17.8 Å². The Hall–Kier alpha value is -2.21. The largest absolute Gasteiger partial charge is 0.463 e. The van der Waals surface area contributed by atoms with Crippen molar-refractivity contribution in [2.75, 3.05) is 14.2 Å². The molecule has 1 heterocycles. The van der Waals surface area contributed by atoms with Crippen LogP contribution in [0, 0.1) is 11.6 Å². The first-order valence-corrected chi connectivity index (χ1v) is 6.29. The zero-order chi connectivity index (χ0) is 15.4. The first-order valence-electron chi connectivity index (χ1n) is 6.29. The summed E-state index contributed by atoms with van der Waals surface area (Å²) in [5.74, 6) is -1.06. The molecule has 0 aliphatic heterocycles. The molecule has 2 aromatic rings. The summed E-state index contributed by atoms with van der Waals surface area (Å²) < 4.78 is 36.3. The van der Waals surface area contributed by atoms with Crippen molar-refractivity contribution in [1.82, 2.24) is 4.90 Å². The number of carbonyl (C=O) groups is 1. The van der Waals surface area contributed by atoms with Crippen molar-refractivity contribution in [3.05, 3.63) is 59.1 Å². The van der Waals surface area contributed by atoms with E-state index in [0.717, 1.165) is 6.07 Å². The fourth-order valence-corrected chi connectivity index (χ4v) is 1.94. The maximum Gasteiger partial charge on any atom is 0.373 e. The van der Waals surface area contributed by atoms with E-state index in [4.69, 9.17) is 4.42 Å². The smallest absolute Gasteiger partial charge is 0.373 e. The summed E-state index contributed by atoms with van der Waals surface area (Å²) in [6.45, 7) is 0.675. The minimum Gasteiger partial charge on any atom is -0.463 e. The van der Waals surface area contributed by atoms with Crippen LogP contribution in [0.4, 0.5) is 8.78 Å². The van der Waals surface area contributed by atoms with E-state index in [2.05, 4.69) is 4.74 Å². The summed E-state index contributed by atoms with van der Waals surface area (Å²) in [6.07, 6.45) is 0. The lowest BCUT2D eigenvalue weighted by Gasteiger charge is -2.15. The van der Waals surface area contributed by atoms with E-state index in [0.29, 0.717) is 24.4 Å². The molecule has 1 aromatic carbocycles. The number of ether oxygens (including phenoxy) is 1. The van der Waals surface area contributed by atoms with Gasteiger partial charge in [0.1, 0.15) is 17.4 Å². The van der Waals surface area contributed by atoms with E-state index in [9.17, 15) is 13.6 Å². The highest BCUT2D eigenvalue weighted by Gasteiger charge is 2.13. The van der Waals surface area contributed by atoms with Crippen LogP contribution in [0.5, 0.6) is 0 Å². The average Bonchev–Trinajstić information content (AvgIpc) is 2.89. The molecule has 0 saturated carbocycles. The van der Waals surface area contributed by atoms with Gasteiger partial charge in [-0.2, -0.15) is 0 Å². The van der Waals surface area contributed by atoms with Crippen LogP contribution in [0.1, 0.15) is 21.9 Å². The average molecular weight is 295 g/mol. The summed E-state index contributed by atoms with van der Waals surface area (Å²) in [7, 11) is 3.04. The third-order valence-electron chi connectivity index (χ3n) is 2.93. The molecule has 0 aliphatic rings. The molecule has 6 heteroatoms. The van der Waals surface area contributed by atoms with Crippen LogP contribution >= 0.6 is 0 Å². The molecule has 0 spiro atoms. The molecule has 1 aromatic heterocycles. The van der Waals surface area contributed by atoms with Gasteiger partial charge in [-0.1, -0.05) is 6.07 Å². The zero-order valence-corrected chi connectivity index (χ0v) is 11.7. The van der Waals surface area contributed by atoms with Crippen LogP contribution < -0.4 is 0 Å². The predicted molar refractivity (Wildman–Crippen MR) is 71.6 cm³/mol. The Morgan fingerprint density at radius 3 is 2.67 bits per heavy atom. The number of benzene rings is 1. The normalized spacial score (nSPS) is 10.9. The molecule has 0 bridgehead atoms. The number of methoxy groups -OCH3 is 1. The van der Waals surface area contributed by atoms with Crippen molar-refractivity contribution in [1.29, 1.82) is 0 Å². The summed E-state index contributed by atoms with van der Waals surface area (Å²) in [5, 5.41) is 0. The van der Waals surface area contributed by atoms with Gasteiger partial charge in [0.15, 0.2) is 0 Å². The number of carbonyl (C=O) groups excluding carboxylic acids is 1. The Kier molecular flexibility index (Phi) is 4.70. The topological polar surface area (TPSA) is 42.7 Å². The van der Waals surface area contributed by atoms with Gasteiger partial charge in [-0.05, 0) is 25.2 Å². The maximum absolute atomic E-state index is 13.6. The molecule has 0 unspecified atom stereocenters. The van der Waals surface area contributed by atoms with E-state index in [1.54, 1.807) is 18.0 Å². The molecule has 4 nitrogen and oxygen atoms in total. The second kappa shape index (κ2) is 6.49. The summed E-state index contributed by atoms with van der Waals surface area (Å²) in [6, 6.07) is 6.65. The monoisotopic (exact) mass is 295 g/mol. The fourth-order valence-electron chi connectivity index (χ4n) is 1.94. The number of hydrogen-bond donors (Lipinski definition) is 0. The quantitative estimate of drug-likeness (QED) is 0.795. The number of halogens is 2. The van der Waals surface area contributed by atoms with Gasteiger partial charge in [0.25, 0.3) is 0 Å². The van der Waals surface area contributed by atoms with E-state index in [1.165, 1.54) is 25.3 Å². The first kappa shape index (κ1) is 15.2. The minimum atomic E-state index is -0.604. The Morgan fingerprint density at radius 1 is 1.24 bits per heavy atom. The van der Waals surface area contributed by atoms with E-state index in [1.807, 2.05) is 0 Å². The molecule has 2 rings (SSSR count). The molecular weight excluding hydrogens is 280 g/mol. The van der Waals surface area contributed by atoms with E-state index in [-0.39, 0.29) is 5.76 Å². The van der Waals surface area contributed by atoms with Gasteiger partial charge in [-0.15, -0.1) is 0 Å². The second-order valence-corrected chi connectivity index (χ2v) is 4.67. The number of rotatable bonds is 5. The lowest BCUT2D eigenvalue weighted by molar-refractivity contribution is 0.0561. The van der Waals surface area contributed by atoms with Crippen molar-refractivity contribution >= 4 is 5.97 Å². The minimum absolute atomic E-state index is 0.119. The number of hydrogen-bond acceptors (Lipinski definition) is 4. The Labute approximate surface area is 120 Å². The Morgan fingerprint density at radius 2 is 2.00 bits per heavy atom. The van der Waals surface area contributed by atoms with Gasteiger partial charge in [-0.3, -0.25) is 4.90 Å². The van der Waals surface area contributed by atoms with Gasteiger partial charge in [0.05, 0.1) is 13.7 Å². The van der Waals surface area contributed by atoms with Gasteiger partial charge in [-0.25, -0.2) is 13.6 Å². The Balaban J connectivity index is 1.99. The molecule has 0 fully saturated rings. The van der Waals surface area contributed by atoms with E-state index >= 15 is 0 Å². The van der Waals surface area contributed by atoms with E-state index < -0.39 is 17.6 Å². The molecule has 0 aliphatic carbocycles. The highest BCUT2D eigenvalue weighted by molar-refractivity contribution is 5.86. The van der Waals surface area contributed by atoms with Crippen LogP contribution in [0.15, 0.2) is 34.7 Å². The lowest BCUT2D eigenvalue weighted by atomic mass is 10.2. The molecule has 112 valence electrons. The van der Waals surface area contributed by atoms with Gasteiger partial charge in [0, 0.05) is 18.2 Å². The second-order valence-electron chi connectivity index (χ2n) is 4.67. The third kappa shape index (κ3) is 3.88. The molecule has 0 radical (unpaired) electrons. The molecular formula is C15H15F2NO3. The fraction of sp³-hybridized carbons (Fsp3) is 0.267. The summed E-state index contributed by atoms with van der Waals surface area (Å²) in [4.78, 5) is 13.1. The molecule has 21 heavy (non-hydrogen) atoms. The van der Waals surface area contributed by atoms with Crippen molar-refractivity contribution < 1.29 is 22.7 Å². The van der Waals surface area contributed by atoms with Crippen molar-refractivity contribution in [3.63, 3.8) is 0 Å². The van der Waals surface area contributed by atoms with Gasteiger partial charge < -0.3 is 9.15 Å². The Bertz CT molecular complexity index is 640. The van der Waals surface area contributed by atoms with Crippen molar-refractivity contribution in [3.8, 4) is 0 Å². The van der Waals surface area contributed by atoms with Crippen LogP contribution in [-0.4, -0.2) is 25.0 Å². The van der Waals surface area contributed by atoms with Gasteiger partial charge in [0.2, 0.25) is 5.76 Å². The molecule has 0 atom stereocenters. The highest BCUT2D eigenvalue weighted by Crippen LogP contribution is 2.15. The highest BCUT2D eigenvalue weighted by atomic mass is 19.1. The summed E-state index contributed by atoms with van der Waals surface area (Å²) >= 11 is 0. The standard InChI is InChI=1S/C15H15F2NO3/c1-18(8-10-3-4-11(16)7-13(10)17)9-12-5-6-14(21-12)15(19)20-2/h3-7H,8-9H2,1-2H3. The number of esters is 1. The zero-order valence-electron chi connectivity index (χ0n) is 11.7. The summed E-state index contributed by atoms with van der Waals surface area (Å²) in [5.41, 5.74) is 0.388. The number of furan rings is 1. The third-order valence-corrected chi connectivity index (χ3v) is 2.93. The van der Waals surface area contributed by atoms with Crippen LogP contribution in [0.25, 0.3) is 0 Å². The van der Waals surface area contributed by atoms with Crippen molar-refractivity contribution in [2.45, 2.75) is 13.1 Å². The van der Waals surface area contributed by atoms with Crippen LogP contribution in [0.3, 0.4) is 0 Å². The molecule has 0 saturated heterocycles. The molecule has 0 amide bonds. The SMILES string of the molecule is COC(=O)c1ccc(CN(C)Cc2ccc(F)cc2F)o1. The predicted octanol–water partition coefficient (Wildman–Crippen LogP) is 2.98. The number of nitrogens with zero attached hydrogens (tertiary/aromatic N) is 1. The first-order chi connectivity index (χ1) is 9.99. The molecule has 0 N–H and O–H groups in total.